The molecule has 0 atom stereocenters. The number of furan rings is 1. The van der Waals surface area contributed by atoms with Crippen molar-refractivity contribution in [2.24, 2.45) is 0 Å². The van der Waals surface area contributed by atoms with Crippen LogP contribution in [0.15, 0.2) is 59.0 Å². The lowest BCUT2D eigenvalue weighted by atomic mass is 10.1. The van der Waals surface area contributed by atoms with Gasteiger partial charge in [0.25, 0.3) is 11.6 Å². The summed E-state index contributed by atoms with van der Waals surface area (Å²) in [5, 5.41) is 13.9. The van der Waals surface area contributed by atoms with Crippen LogP contribution in [-0.2, 0) is 0 Å². The van der Waals surface area contributed by atoms with Gasteiger partial charge in [0.2, 0.25) is 0 Å². The van der Waals surface area contributed by atoms with Crippen LogP contribution in [0.3, 0.4) is 0 Å². The molecule has 1 amide bonds. The Morgan fingerprint density at radius 2 is 1.72 bits per heavy atom. The average molecular weight is 336 g/mol. The first-order valence-electron chi connectivity index (χ1n) is 7.67. The quantitative estimate of drug-likeness (QED) is 0.551. The van der Waals surface area contributed by atoms with E-state index >= 15 is 0 Å². The van der Waals surface area contributed by atoms with Crippen LogP contribution in [-0.4, -0.2) is 10.8 Å². The van der Waals surface area contributed by atoms with E-state index in [0.29, 0.717) is 11.3 Å². The van der Waals surface area contributed by atoms with Gasteiger partial charge < -0.3 is 9.73 Å². The van der Waals surface area contributed by atoms with Gasteiger partial charge in [0, 0.05) is 11.8 Å². The molecule has 0 aliphatic carbocycles. The predicted molar refractivity (Wildman–Crippen MR) is 94.7 cm³/mol. The highest BCUT2D eigenvalue weighted by Gasteiger charge is 2.19. The van der Waals surface area contributed by atoms with E-state index < -0.39 is 10.8 Å². The first-order valence-corrected chi connectivity index (χ1v) is 7.67. The van der Waals surface area contributed by atoms with Crippen molar-refractivity contribution in [1.82, 2.24) is 0 Å². The third-order valence-electron chi connectivity index (χ3n) is 3.68. The van der Waals surface area contributed by atoms with Crippen LogP contribution in [0.4, 0.5) is 11.4 Å². The van der Waals surface area contributed by atoms with Crippen molar-refractivity contribution in [2.75, 3.05) is 5.32 Å². The Labute approximate surface area is 144 Å². The zero-order chi connectivity index (χ0) is 18.0. The lowest BCUT2D eigenvalue weighted by Crippen LogP contribution is -2.11. The highest BCUT2D eigenvalue weighted by molar-refractivity contribution is 6.02. The normalized spacial score (nSPS) is 10.5. The smallest absolute Gasteiger partial charge is 0.291 e. The van der Waals surface area contributed by atoms with Crippen LogP contribution < -0.4 is 5.32 Å². The summed E-state index contributed by atoms with van der Waals surface area (Å²) >= 11 is 0. The highest BCUT2D eigenvalue weighted by Crippen LogP contribution is 2.31. The number of nitro groups is 1. The fourth-order valence-electron chi connectivity index (χ4n) is 2.69. The van der Waals surface area contributed by atoms with Crippen LogP contribution in [0.5, 0.6) is 0 Å². The number of nitrogens with one attached hydrogen (secondary N) is 1. The minimum absolute atomic E-state index is 0.0712. The summed E-state index contributed by atoms with van der Waals surface area (Å²) in [5.74, 6) is -0.0417. The fraction of sp³-hybridized carbons (Fsp3) is 0.105. The largest absolute Gasteiger partial charge is 0.451 e. The predicted octanol–water partition coefficient (Wildman–Crippen LogP) is 4.72. The Kier molecular flexibility index (Phi) is 4.35. The molecule has 1 heterocycles. The Morgan fingerprint density at radius 1 is 1.04 bits per heavy atom. The molecular formula is C19H16N2O4. The van der Waals surface area contributed by atoms with E-state index in [1.807, 2.05) is 32.0 Å². The molecule has 0 unspecified atom stereocenters. The first-order chi connectivity index (χ1) is 11.9. The van der Waals surface area contributed by atoms with Crippen molar-refractivity contribution in [3.63, 3.8) is 0 Å². The molecule has 0 aliphatic heterocycles. The van der Waals surface area contributed by atoms with Gasteiger partial charge in [-0.3, -0.25) is 14.9 Å². The maximum absolute atomic E-state index is 12.4. The molecule has 25 heavy (non-hydrogen) atoms. The van der Waals surface area contributed by atoms with Gasteiger partial charge in [0.15, 0.2) is 5.76 Å². The number of carbonyl (C=O) groups excluding carboxylic acids is 1. The lowest BCUT2D eigenvalue weighted by Gasteiger charge is -2.06. The number of hydrogen-bond acceptors (Lipinski definition) is 4. The van der Waals surface area contributed by atoms with Gasteiger partial charge in [-0.2, -0.15) is 0 Å². The second-order valence-corrected chi connectivity index (χ2v) is 5.77. The molecule has 6 heteroatoms. The Morgan fingerprint density at radius 3 is 2.40 bits per heavy atom. The summed E-state index contributed by atoms with van der Waals surface area (Å²) in [4.78, 5) is 23.0. The SMILES string of the molecule is Cc1cc(C)cc(NC(=O)c2ccc(-c3ccccc3[N+](=O)[O-])o2)c1. The average Bonchev–Trinajstić information content (AvgIpc) is 3.03. The van der Waals surface area contributed by atoms with Crippen LogP contribution >= 0.6 is 0 Å². The van der Waals surface area contributed by atoms with Gasteiger partial charge in [-0.15, -0.1) is 0 Å². The van der Waals surface area contributed by atoms with Crippen LogP contribution in [0.2, 0.25) is 0 Å². The number of hydrogen-bond donors (Lipinski definition) is 1. The Hall–Kier alpha value is -3.41. The minimum atomic E-state index is -0.479. The third kappa shape index (κ3) is 3.58. The molecule has 3 rings (SSSR count). The minimum Gasteiger partial charge on any atom is -0.451 e. The van der Waals surface area contributed by atoms with E-state index in [1.54, 1.807) is 24.3 Å². The topological polar surface area (TPSA) is 85.4 Å². The van der Waals surface area contributed by atoms with Gasteiger partial charge in [-0.05, 0) is 55.3 Å². The maximum Gasteiger partial charge on any atom is 0.291 e. The molecule has 2 aromatic carbocycles. The van der Waals surface area contributed by atoms with Crippen molar-refractivity contribution in [3.05, 3.63) is 81.6 Å². The van der Waals surface area contributed by atoms with Crippen LogP contribution in [0.1, 0.15) is 21.7 Å². The van der Waals surface area contributed by atoms with Gasteiger partial charge >= 0.3 is 0 Å². The number of anilines is 1. The molecule has 0 saturated carbocycles. The summed E-state index contributed by atoms with van der Waals surface area (Å²) in [7, 11) is 0. The van der Waals surface area contributed by atoms with Crippen molar-refractivity contribution >= 4 is 17.3 Å². The van der Waals surface area contributed by atoms with E-state index in [1.165, 1.54) is 12.1 Å². The first kappa shape index (κ1) is 16.4. The molecule has 0 bridgehead atoms. The van der Waals surface area contributed by atoms with Gasteiger partial charge in [0.05, 0.1) is 10.5 Å². The maximum atomic E-state index is 12.4. The molecule has 0 aliphatic rings. The number of amides is 1. The number of para-hydroxylation sites is 1. The Bertz CT molecular complexity index is 939. The summed E-state index contributed by atoms with van der Waals surface area (Å²) < 4.78 is 5.54. The molecule has 0 saturated heterocycles. The molecule has 0 spiro atoms. The van der Waals surface area contributed by atoms with Crippen molar-refractivity contribution in [1.29, 1.82) is 0 Å². The van der Waals surface area contributed by atoms with E-state index in [9.17, 15) is 14.9 Å². The fourth-order valence-corrected chi connectivity index (χ4v) is 2.69. The number of carbonyl (C=O) groups is 1. The number of benzene rings is 2. The molecule has 0 radical (unpaired) electrons. The number of nitrogens with zero attached hydrogens (tertiary/aromatic N) is 1. The van der Waals surface area contributed by atoms with Crippen molar-refractivity contribution in [3.8, 4) is 11.3 Å². The molecule has 3 aromatic rings. The number of nitro benzene ring substituents is 1. The van der Waals surface area contributed by atoms with Gasteiger partial charge in [0.1, 0.15) is 5.76 Å². The van der Waals surface area contributed by atoms with E-state index in [0.717, 1.165) is 11.1 Å². The number of rotatable bonds is 4. The Balaban J connectivity index is 1.86. The summed E-state index contributed by atoms with van der Waals surface area (Å²) in [6.45, 7) is 3.89. The molecule has 0 fully saturated rings. The van der Waals surface area contributed by atoms with Crippen LogP contribution in [0.25, 0.3) is 11.3 Å². The van der Waals surface area contributed by atoms with E-state index in [-0.39, 0.29) is 17.2 Å². The van der Waals surface area contributed by atoms with Gasteiger partial charge in [-0.25, -0.2) is 0 Å². The zero-order valence-corrected chi connectivity index (χ0v) is 13.8. The third-order valence-corrected chi connectivity index (χ3v) is 3.68. The van der Waals surface area contributed by atoms with Crippen molar-refractivity contribution < 1.29 is 14.1 Å². The van der Waals surface area contributed by atoms with Crippen LogP contribution in [0, 0.1) is 24.0 Å². The monoisotopic (exact) mass is 336 g/mol. The van der Waals surface area contributed by atoms with E-state index in [4.69, 9.17) is 4.42 Å². The zero-order valence-electron chi connectivity index (χ0n) is 13.8. The number of aryl methyl sites for hydroxylation is 2. The summed E-state index contributed by atoms with van der Waals surface area (Å²) in [5.41, 5.74) is 3.01. The van der Waals surface area contributed by atoms with E-state index in [2.05, 4.69) is 5.32 Å². The molecule has 1 N–H and O–H groups in total. The standard InChI is InChI=1S/C19H16N2O4/c1-12-9-13(2)11-14(10-12)20-19(22)18-8-7-17(25-18)15-5-3-4-6-16(15)21(23)24/h3-11H,1-2H3,(H,20,22). The molecule has 6 nitrogen and oxygen atoms in total. The molecular weight excluding hydrogens is 320 g/mol. The van der Waals surface area contributed by atoms with Crippen molar-refractivity contribution in [2.45, 2.75) is 13.8 Å². The lowest BCUT2D eigenvalue weighted by molar-refractivity contribution is -0.384. The van der Waals surface area contributed by atoms with Gasteiger partial charge in [-0.1, -0.05) is 18.2 Å². The summed E-state index contributed by atoms with van der Waals surface area (Å²) in [6, 6.07) is 15.0. The highest BCUT2D eigenvalue weighted by atomic mass is 16.6. The summed E-state index contributed by atoms with van der Waals surface area (Å²) in [6.07, 6.45) is 0. The molecule has 126 valence electrons. The second kappa shape index (κ2) is 6.60. The molecule has 1 aromatic heterocycles. The second-order valence-electron chi connectivity index (χ2n) is 5.77.